The van der Waals surface area contributed by atoms with Crippen molar-refractivity contribution in [2.45, 2.75) is 18.7 Å². The molecule has 0 radical (unpaired) electrons. The zero-order valence-corrected chi connectivity index (χ0v) is 25.8. The minimum Gasteiger partial charge on any atom is -0.321 e. The van der Waals surface area contributed by atoms with Crippen LogP contribution in [0.25, 0.3) is 17.3 Å². The maximum absolute atomic E-state index is 13.3. The lowest BCUT2D eigenvalue weighted by Gasteiger charge is -2.12. The third kappa shape index (κ3) is 8.53. The van der Waals surface area contributed by atoms with E-state index in [-0.39, 0.29) is 23.3 Å². The fraction of sp³-hybridized carbons (Fsp3) is 0.0857. The van der Waals surface area contributed by atoms with Crippen LogP contribution in [0.5, 0.6) is 0 Å². The van der Waals surface area contributed by atoms with Crippen LogP contribution in [-0.2, 0) is 9.59 Å². The van der Waals surface area contributed by atoms with Gasteiger partial charge < -0.3 is 16.0 Å². The van der Waals surface area contributed by atoms with Crippen LogP contribution >= 0.6 is 23.1 Å². The molecular formula is C35H30N4O3S2. The Labute approximate surface area is 264 Å². The first kappa shape index (κ1) is 30.5. The molecule has 0 spiro atoms. The summed E-state index contributed by atoms with van der Waals surface area (Å²) in [5.74, 6) is -0.782. The van der Waals surface area contributed by atoms with Crippen molar-refractivity contribution >= 4 is 57.7 Å². The molecule has 4 aromatic carbocycles. The summed E-state index contributed by atoms with van der Waals surface area (Å²) in [4.78, 5) is 44.1. The highest BCUT2D eigenvalue weighted by Gasteiger charge is 2.15. The Morgan fingerprint density at radius 1 is 0.818 bits per heavy atom. The number of nitrogens with one attached hydrogen (secondary N) is 3. The zero-order chi connectivity index (χ0) is 30.9. The first-order valence-electron chi connectivity index (χ1n) is 13.8. The number of anilines is 2. The number of benzene rings is 4. The van der Waals surface area contributed by atoms with Crippen LogP contribution in [0.15, 0.2) is 119 Å². The molecule has 0 bridgehead atoms. The molecule has 0 fully saturated rings. The average Bonchev–Trinajstić information content (AvgIpc) is 3.49. The number of aromatic nitrogens is 1. The maximum atomic E-state index is 13.3. The van der Waals surface area contributed by atoms with E-state index in [2.05, 4.69) is 20.9 Å². The summed E-state index contributed by atoms with van der Waals surface area (Å²) in [5.41, 5.74) is 5.95. The smallest absolute Gasteiger partial charge is 0.272 e. The molecule has 9 heteroatoms. The SMILES string of the molecule is Cc1ccc(-c2csc(NC(=O)CSc3ccc(NC(=O)/C(=C/c4cccc(C)c4)NC(=O)c4ccccc4)cc3)n2)cc1. The van der Waals surface area contributed by atoms with Crippen LogP contribution in [0.2, 0.25) is 0 Å². The van der Waals surface area contributed by atoms with Gasteiger partial charge in [0.15, 0.2) is 5.13 Å². The molecule has 0 saturated carbocycles. The van der Waals surface area contributed by atoms with E-state index in [1.807, 2.05) is 86.0 Å². The van der Waals surface area contributed by atoms with Gasteiger partial charge in [0, 0.05) is 27.1 Å². The molecule has 0 aliphatic heterocycles. The first-order chi connectivity index (χ1) is 21.3. The largest absolute Gasteiger partial charge is 0.321 e. The molecular weight excluding hydrogens is 589 g/mol. The lowest BCUT2D eigenvalue weighted by atomic mass is 10.1. The van der Waals surface area contributed by atoms with Crippen molar-refractivity contribution in [3.8, 4) is 11.3 Å². The van der Waals surface area contributed by atoms with Gasteiger partial charge in [-0.05, 0) is 61.9 Å². The van der Waals surface area contributed by atoms with Gasteiger partial charge in [-0.2, -0.15) is 0 Å². The molecule has 1 aromatic heterocycles. The third-order valence-corrected chi connectivity index (χ3v) is 8.23. The van der Waals surface area contributed by atoms with Crippen molar-refractivity contribution in [1.29, 1.82) is 0 Å². The van der Waals surface area contributed by atoms with Crippen LogP contribution in [0, 0.1) is 13.8 Å². The number of thioether (sulfide) groups is 1. The Kier molecular flexibility index (Phi) is 10.0. The first-order valence-corrected chi connectivity index (χ1v) is 15.7. The molecule has 220 valence electrons. The molecule has 44 heavy (non-hydrogen) atoms. The minimum atomic E-state index is -0.455. The number of nitrogens with zero attached hydrogens (tertiary/aromatic N) is 1. The molecule has 0 saturated heterocycles. The highest BCUT2D eigenvalue weighted by Crippen LogP contribution is 2.26. The van der Waals surface area contributed by atoms with Gasteiger partial charge >= 0.3 is 0 Å². The second kappa shape index (κ2) is 14.5. The fourth-order valence-corrected chi connectivity index (χ4v) is 5.63. The summed E-state index contributed by atoms with van der Waals surface area (Å²) in [6.07, 6.45) is 1.65. The number of hydrogen-bond acceptors (Lipinski definition) is 6. The van der Waals surface area contributed by atoms with Crippen LogP contribution in [0.4, 0.5) is 10.8 Å². The van der Waals surface area contributed by atoms with Gasteiger partial charge in [-0.1, -0.05) is 77.9 Å². The van der Waals surface area contributed by atoms with Gasteiger partial charge in [0.25, 0.3) is 11.8 Å². The predicted molar refractivity (Wildman–Crippen MR) is 180 cm³/mol. The van der Waals surface area contributed by atoms with E-state index in [1.54, 1.807) is 42.5 Å². The summed E-state index contributed by atoms with van der Waals surface area (Å²) in [5, 5.41) is 11.0. The van der Waals surface area contributed by atoms with E-state index in [1.165, 1.54) is 28.7 Å². The average molecular weight is 619 g/mol. The van der Waals surface area contributed by atoms with E-state index in [0.717, 1.165) is 27.3 Å². The Morgan fingerprint density at radius 3 is 2.30 bits per heavy atom. The van der Waals surface area contributed by atoms with Crippen LogP contribution < -0.4 is 16.0 Å². The van der Waals surface area contributed by atoms with Crippen LogP contribution in [0.3, 0.4) is 0 Å². The van der Waals surface area contributed by atoms with Crippen LogP contribution in [0.1, 0.15) is 27.0 Å². The van der Waals surface area contributed by atoms with Gasteiger partial charge in [0.2, 0.25) is 5.91 Å². The van der Waals surface area contributed by atoms with Gasteiger partial charge in [0.05, 0.1) is 11.4 Å². The number of rotatable bonds is 10. The molecule has 0 aliphatic carbocycles. The van der Waals surface area contributed by atoms with E-state index in [0.29, 0.717) is 16.4 Å². The summed E-state index contributed by atoms with van der Waals surface area (Å²) < 4.78 is 0. The molecule has 0 atom stereocenters. The fourth-order valence-electron chi connectivity index (χ4n) is 4.19. The van der Waals surface area contributed by atoms with Crippen molar-refractivity contribution in [2.75, 3.05) is 16.4 Å². The van der Waals surface area contributed by atoms with Crippen molar-refractivity contribution < 1.29 is 14.4 Å². The van der Waals surface area contributed by atoms with E-state index in [4.69, 9.17) is 0 Å². The number of carbonyl (C=O) groups is 3. The van der Waals surface area contributed by atoms with E-state index < -0.39 is 5.91 Å². The van der Waals surface area contributed by atoms with Crippen molar-refractivity contribution in [3.05, 3.63) is 136 Å². The highest BCUT2D eigenvalue weighted by molar-refractivity contribution is 8.00. The molecule has 0 unspecified atom stereocenters. The molecule has 5 rings (SSSR count). The second-order valence-corrected chi connectivity index (χ2v) is 11.9. The third-order valence-electron chi connectivity index (χ3n) is 6.46. The highest BCUT2D eigenvalue weighted by atomic mass is 32.2. The number of amides is 3. The summed E-state index contributed by atoms with van der Waals surface area (Å²) in [6, 6.07) is 31.7. The van der Waals surface area contributed by atoms with Gasteiger partial charge in [-0.3, -0.25) is 14.4 Å². The summed E-state index contributed by atoms with van der Waals surface area (Å²) >= 11 is 2.77. The number of thiazole rings is 1. The number of carbonyl (C=O) groups excluding carboxylic acids is 3. The number of aryl methyl sites for hydroxylation is 2. The summed E-state index contributed by atoms with van der Waals surface area (Å²) in [6.45, 7) is 4.00. The molecule has 3 amide bonds. The molecule has 0 aliphatic rings. The van der Waals surface area contributed by atoms with E-state index in [9.17, 15) is 14.4 Å². The van der Waals surface area contributed by atoms with Crippen LogP contribution in [-0.4, -0.2) is 28.5 Å². The zero-order valence-electron chi connectivity index (χ0n) is 24.2. The standard InChI is InChI=1S/C35H30N4O3S2/c1-23-11-13-26(14-12-23)31-21-44-35(38-31)39-32(40)22-43-29-17-15-28(16-18-29)36-34(42)30(20-25-8-6-7-24(2)19-25)37-33(41)27-9-4-3-5-10-27/h3-21H,22H2,1-2H3,(H,36,42)(H,37,41)(H,38,39,40)/b30-20-. The van der Waals surface area contributed by atoms with Crippen molar-refractivity contribution in [1.82, 2.24) is 10.3 Å². The molecule has 5 aromatic rings. The minimum absolute atomic E-state index is 0.118. The normalized spacial score (nSPS) is 11.1. The lowest BCUT2D eigenvalue weighted by Crippen LogP contribution is -2.30. The summed E-state index contributed by atoms with van der Waals surface area (Å²) in [7, 11) is 0. The Bertz CT molecular complexity index is 1800. The Hall–Kier alpha value is -4.99. The van der Waals surface area contributed by atoms with Gasteiger partial charge in [-0.15, -0.1) is 23.1 Å². The van der Waals surface area contributed by atoms with Gasteiger partial charge in [-0.25, -0.2) is 4.98 Å². The number of hydrogen-bond donors (Lipinski definition) is 3. The maximum Gasteiger partial charge on any atom is 0.272 e. The molecule has 7 nitrogen and oxygen atoms in total. The topological polar surface area (TPSA) is 100 Å². The molecule has 1 heterocycles. The Balaban J connectivity index is 1.18. The monoisotopic (exact) mass is 618 g/mol. The van der Waals surface area contributed by atoms with Crippen molar-refractivity contribution in [2.24, 2.45) is 0 Å². The molecule has 3 N–H and O–H groups in total. The van der Waals surface area contributed by atoms with E-state index >= 15 is 0 Å². The quantitative estimate of drug-likeness (QED) is 0.111. The predicted octanol–water partition coefficient (Wildman–Crippen LogP) is 7.57. The lowest BCUT2D eigenvalue weighted by molar-refractivity contribution is -0.114. The second-order valence-electron chi connectivity index (χ2n) is 10.0. The van der Waals surface area contributed by atoms with Gasteiger partial charge in [0.1, 0.15) is 5.70 Å². The Morgan fingerprint density at radius 2 is 1.57 bits per heavy atom. The van der Waals surface area contributed by atoms with Crippen molar-refractivity contribution in [3.63, 3.8) is 0 Å².